The van der Waals surface area contributed by atoms with Crippen LogP contribution >= 0.6 is 0 Å². The first-order valence-corrected chi connectivity index (χ1v) is 6.69. The van der Waals surface area contributed by atoms with Gasteiger partial charge in [0.25, 0.3) is 0 Å². The third-order valence-corrected chi connectivity index (χ3v) is 3.52. The molecule has 0 radical (unpaired) electrons. The number of rotatable bonds is 2. The van der Waals surface area contributed by atoms with E-state index in [9.17, 15) is 14.7 Å². The monoisotopic (exact) mass is 276 g/mol. The summed E-state index contributed by atoms with van der Waals surface area (Å²) in [4.78, 5) is 26.0. The first kappa shape index (κ1) is 14.4. The van der Waals surface area contributed by atoms with Crippen LogP contribution in [0, 0.1) is 0 Å². The van der Waals surface area contributed by atoms with E-state index in [-0.39, 0.29) is 30.0 Å². The maximum Gasteiger partial charge on any atom is 0.248 e. The molecule has 1 aromatic rings. The lowest BCUT2D eigenvalue weighted by Crippen LogP contribution is -2.53. The normalized spacial score (nSPS) is 22.4. The summed E-state index contributed by atoms with van der Waals surface area (Å²) in [6.45, 7) is 5.66. The minimum Gasteiger partial charge on any atom is -0.508 e. The first-order valence-electron chi connectivity index (χ1n) is 6.69. The van der Waals surface area contributed by atoms with Gasteiger partial charge in [0, 0.05) is 19.0 Å². The summed E-state index contributed by atoms with van der Waals surface area (Å²) >= 11 is 0. The summed E-state index contributed by atoms with van der Waals surface area (Å²) in [6, 6.07) is 6.64. The lowest BCUT2D eigenvalue weighted by molar-refractivity contribution is -0.139. The Morgan fingerprint density at radius 2 is 2.10 bits per heavy atom. The molecule has 2 rings (SSSR count). The molecule has 1 atom stereocenters. The van der Waals surface area contributed by atoms with Crippen LogP contribution in [-0.4, -0.2) is 33.4 Å². The van der Waals surface area contributed by atoms with E-state index >= 15 is 0 Å². The molecule has 20 heavy (non-hydrogen) atoms. The Kier molecular flexibility index (Phi) is 3.70. The van der Waals surface area contributed by atoms with Crippen molar-refractivity contribution in [1.82, 2.24) is 10.2 Å². The molecule has 1 aromatic carbocycles. The molecule has 2 N–H and O–H groups in total. The summed E-state index contributed by atoms with van der Waals surface area (Å²) in [7, 11) is 0. The SMILES string of the molecule is CC1CC(=O)NC(C)(C)C(=O)N1Cc1cccc(O)c1. The number of hydrogen-bond donors (Lipinski definition) is 2. The highest BCUT2D eigenvalue weighted by molar-refractivity contribution is 5.93. The number of amides is 2. The van der Waals surface area contributed by atoms with Crippen molar-refractivity contribution in [1.29, 1.82) is 0 Å². The first-order chi connectivity index (χ1) is 9.29. The molecule has 0 aromatic heterocycles. The molecule has 108 valence electrons. The third-order valence-electron chi connectivity index (χ3n) is 3.52. The van der Waals surface area contributed by atoms with Gasteiger partial charge in [-0.15, -0.1) is 0 Å². The Bertz CT molecular complexity index is 540. The predicted octanol–water partition coefficient (Wildman–Crippen LogP) is 1.41. The van der Waals surface area contributed by atoms with Crippen molar-refractivity contribution in [2.75, 3.05) is 0 Å². The van der Waals surface area contributed by atoms with Crippen LogP contribution in [0.15, 0.2) is 24.3 Å². The van der Waals surface area contributed by atoms with E-state index in [0.29, 0.717) is 6.54 Å². The standard InChI is InChI=1S/C15H20N2O3/c1-10-7-13(19)16-15(2,3)14(20)17(10)9-11-5-4-6-12(18)8-11/h4-6,8,10,18H,7,9H2,1-3H3,(H,16,19). The minimum atomic E-state index is -0.904. The lowest BCUT2D eigenvalue weighted by atomic mass is 10.0. The second-order valence-corrected chi connectivity index (χ2v) is 5.83. The van der Waals surface area contributed by atoms with E-state index < -0.39 is 5.54 Å². The molecular formula is C15H20N2O3. The highest BCUT2D eigenvalue weighted by Crippen LogP contribution is 2.21. The van der Waals surface area contributed by atoms with Crippen molar-refractivity contribution in [2.45, 2.75) is 45.3 Å². The van der Waals surface area contributed by atoms with E-state index in [1.54, 1.807) is 36.9 Å². The van der Waals surface area contributed by atoms with Crippen molar-refractivity contribution in [2.24, 2.45) is 0 Å². The van der Waals surface area contributed by atoms with Crippen molar-refractivity contribution < 1.29 is 14.7 Å². The van der Waals surface area contributed by atoms with Gasteiger partial charge in [0.2, 0.25) is 11.8 Å². The fourth-order valence-electron chi connectivity index (χ4n) is 2.47. The highest BCUT2D eigenvalue weighted by atomic mass is 16.3. The van der Waals surface area contributed by atoms with Crippen LogP contribution < -0.4 is 5.32 Å². The van der Waals surface area contributed by atoms with Gasteiger partial charge < -0.3 is 15.3 Å². The topological polar surface area (TPSA) is 69.6 Å². The van der Waals surface area contributed by atoms with Crippen LogP contribution in [0.25, 0.3) is 0 Å². The molecule has 1 aliphatic rings. The quantitative estimate of drug-likeness (QED) is 0.858. The van der Waals surface area contributed by atoms with Crippen molar-refractivity contribution in [3.05, 3.63) is 29.8 Å². The third kappa shape index (κ3) is 2.92. The molecular weight excluding hydrogens is 256 g/mol. The number of nitrogens with zero attached hydrogens (tertiary/aromatic N) is 1. The highest BCUT2D eigenvalue weighted by Gasteiger charge is 2.39. The van der Waals surface area contributed by atoms with Crippen LogP contribution in [0.3, 0.4) is 0 Å². The van der Waals surface area contributed by atoms with E-state index in [0.717, 1.165) is 5.56 Å². The summed E-state index contributed by atoms with van der Waals surface area (Å²) in [6.07, 6.45) is 0.286. The van der Waals surface area contributed by atoms with E-state index in [4.69, 9.17) is 0 Å². The van der Waals surface area contributed by atoms with Gasteiger partial charge in [-0.25, -0.2) is 0 Å². The predicted molar refractivity (Wildman–Crippen MR) is 75.0 cm³/mol. The second-order valence-electron chi connectivity index (χ2n) is 5.83. The van der Waals surface area contributed by atoms with Crippen LogP contribution in [0.1, 0.15) is 32.8 Å². The van der Waals surface area contributed by atoms with Gasteiger partial charge in [-0.3, -0.25) is 9.59 Å². The number of aromatic hydroxyl groups is 1. The Hall–Kier alpha value is -2.04. The molecule has 0 saturated carbocycles. The maximum absolute atomic E-state index is 12.6. The van der Waals surface area contributed by atoms with Crippen LogP contribution in [0.5, 0.6) is 5.75 Å². The smallest absolute Gasteiger partial charge is 0.248 e. The number of nitrogens with one attached hydrogen (secondary N) is 1. The minimum absolute atomic E-state index is 0.112. The van der Waals surface area contributed by atoms with Gasteiger partial charge >= 0.3 is 0 Å². The molecule has 0 bridgehead atoms. The Balaban J connectivity index is 2.28. The zero-order valence-electron chi connectivity index (χ0n) is 12.0. The van der Waals surface area contributed by atoms with Crippen molar-refractivity contribution in [3.63, 3.8) is 0 Å². The molecule has 0 spiro atoms. The number of phenols is 1. The molecule has 1 aliphatic heterocycles. The Labute approximate surface area is 118 Å². The number of carbonyl (C=O) groups excluding carboxylic acids is 2. The van der Waals surface area contributed by atoms with Gasteiger partial charge in [-0.1, -0.05) is 12.1 Å². The molecule has 1 fully saturated rings. The molecule has 1 saturated heterocycles. The number of phenolic OH excluding ortho intramolecular Hbond substituents is 1. The van der Waals surface area contributed by atoms with E-state index in [2.05, 4.69) is 5.32 Å². The van der Waals surface area contributed by atoms with Crippen LogP contribution in [0.2, 0.25) is 0 Å². The molecule has 1 heterocycles. The molecule has 2 amide bonds. The zero-order valence-corrected chi connectivity index (χ0v) is 12.0. The number of carbonyl (C=O) groups is 2. The van der Waals surface area contributed by atoms with Crippen molar-refractivity contribution in [3.8, 4) is 5.75 Å². The van der Waals surface area contributed by atoms with E-state index in [1.165, 1.54) is 0 Å². The van der Waals surface area contributed by atoms with Crippen LogP contribution in [0.4, 0.5) is 0 Å². The lowest BCUT2D eigenvalue weighted by Gasteiger charge is -2.32. The van der Waals surface area contributed by atoms with Gasteiger partial charge in [0.15, 0.2) is 0 Å². The van der Waals surface area contributed by atoms with Gasteiger partial charge in [0.1, 0.15) is 11.3 Å². The summed E-state index contributed by atoms with van der Waals surface area (Å²) < 4.78 is 0. The second kappa shape index (κ2) is 5.15. The summed E-state index contributed by atoms with van der Waals surface area (Å²) in [5, 5.41) is 12.3. The molecule has 0 aliphatic carbocycles. The molecule has 1 unspecified atom stereocenters. The molecule has 5 nitrogen and oxygen atoms in total. The number of benzene rings is 1. The Morgan fingerprint density at radius 3 is 2.75 bits per heavy atom. The summed E-state index contributed by atoms with van der Waals surface area (Å²) in [5.41, 5.74) is -0.0612. The largest absolute Gasteiger partial charge is 0.508 e. The number of hydrogen-bond acceptors (Lipinski definition) is 3. The molecule has 5 heteroatoms. The zero-order chi connectivity index (χ0) is 14.9. The fraction of sp³-hybridized carbons (Fsp3) is 0.467. The van der Waals surface area contributed by atoms with Crippen LogP contribution in [-0.2, 0) is 16.1 Å². The van der Waals surface area contributed by atoms with Gasteiger partial charge in [0.05, 0.1) is 0 Å². The maximum atomic E-state index is 12.6. The average molecular weight is 276 g/mol. The fourth-order valence-corrected chi connectivity index (χ4v) is 2.47. The average Bonchev–Trinajstić information content (AvgIpc) is 2.39. The van der Waals surface area contributed by atoms with Gasteiger partial charge in [-0.05, 0) is 38.5 Å². The Morgan fingerprint density at radius 1 is 1.40 bits per heavy atom. The van der Waals surface area contributed by atoms with Crippen molar-refractivity contribution >= 4 is 11.8 Å². The summed E-state index contributed by atoms with van der Waals surface area (Å²) in [5.74, 6) is -0.0562. The van der Waals surface area contributed by atoms with Gasteiger partial charge in [-0.2, -0.15) is 0 Å². The van der Waals surface area contributed by atoms with E-state index in [1.807, 2.05) is 13.0 Å².